The zero-order chi connectivity index (χ0) is 11.4. The van der Waals surface area contributed by atoms with Gasteiger partial charge in [-0.05, 0) is 31.5 Å². The minimum atomic E-state index is 0.295. The van der Waals surface area contributed by atoms with E-state index in [4.69, 9.17) is 0 Å². The number of nitrogens with one attached hydrogen (secondary N) is 1. The lowest BCUT2D eigenvalue weighted by Gasteiger charge is -2.16. The smallest absolute Gasteiger partial charge is 0.0603 e. The molecule has 1 unspecified atom stereocenters. The number of hydrogen-bond donors (Lipinski definition) is 1. The molecule has 1 N–H and O–H groups in total. The third-order valence-electron chi connectivity index (χ3n) is 2.68. The zero-order valence-electron chi connectivity index (χ0n) is 9.64. The van der Waals surface area contributed by atoms with Crippen molar-refractivity contribution in [2.75, 3.05) is 5.32 Å². The van der Waals surface area contributed by atoms with Crippen LogP contribution in [0.4, 0.5) is 5.69 Å². The average molecular weight is 212 g/mol. The molecule has 0 amide bonds. The molecule has 2 nitrogen and oxygen atoms in total. The average Bonchev–Trinajstić information content (AvgIpc) is 2.33. The molecule has 1 aromatic carbocycles. The summed E-state index contributed by atoms with van der Waals surface area (Å²) in [5, 5.41) is 3.46. The van der Waals surface area contributed by atoms with Gasteiger partial charge >= 0.3 is 0 Å². The second-order valence-corrected chi connectivity index (χ2v) is 3.91. The summed E-state index contributed by atoms with van der Waals surface area (Å²) in [7, 11) is 0. The summed E-state index contributed by atoms with van der Waals surface area (Å²) in [4.78, 5) is 4.26. The van der Waals surface area contributed by atoms with Crippen molar-refractivity contribution in [3.8, 4) is 0 Å². The zero-order valence-corrected chi connectivity index (χ0v) is 9.64. The molecular weight excluding hydrogens is 196 g/mol. The normalized spacial score (nSPS) is 12.1. The Labute approximate surface area is 96.4 Å². The van der Waals surface area contributed by atoms with Gasteiger partial charge in [-0.3, -0.25) is 4.98 Å². The summed E-state index contributed by atoms with van der Waals surface area (Å²) in [6.07, 6.45) is 1.81. The van der Waals surface area contributed by atoms with Gasteiger partial charge in [0, 0.05) is 12.2 Å². The first-order chi connectivity index (χ1) is 7.77. The molecule has 0 bridgehead atoms. The van der Waals surface area contributed by atoms with E-state index in [-0.39, 0.29) is 0 Å². The molecule has 0 saturated carbocycles. The van der Waals surface area contributed by atoms with Crippen LogP contribution in [0, 0.1) is 6.92 Å². The van der Waals surface area contributed by atoms with Crippen LogP contribution in [0.1, 0.15) is 24.2 Å². The molecule has 82 valence electrons. The molecule has 0 fully saturated rings. The van der Waals surface area contributed by atoms with Gasteiger partial charge in [-0.15, -0.1) is 0 Å². The first-order valence-electron chi connectivity index (χ1n) is 5.50. The number of benzene rings is 1. The molecule has 0 radical (unpaired) electrons. The Morgan fingerprint density at radius 2 is 1.81 bits per heavy atom. The lowest BCUT2D eigenvalue weighted by molar-refractivity contribution is 0.879. The number of hydrogen-bond acceptors (Lipinski definition) is 2. The highest BCUT2D eigenvalue weighted by Gasteiger charge is 2.05. The van der Waals surface area contributed by atoms with Crippen molar-refractivity contribution in [1.82, 2.24) is 4.98 Å². The van der Waals surface area contributed by atoms with Crippen molar-refractivity contribution in [3.05, 3.63) is 59.9 Å². The maximum Gasteiger partial charge on any atom is 0.0603 e. The Morgan fingerprint density at radius 1 is 1.06 bits per heavy atom. The van der Waals surface area contributed by atoms with E-state index in [1.54, 1.807) is 0 Å². The fraction of sp³-hybridized carbons (Fsp3) is 0.214. The highest BCUT2D eigenvalue weighted by atomic mass is 14.9. The van der Waals surface area contributed by atoms with Crippen molar-refractivity contribution in [2.45, 2.75) is 19.9 Å². The van der Waals surface area contributed by atoms with Gasteiger partial charge in [0.05, 0.1) is 11.4 Å². The van der Waals surface area contributed by atoms with Crippen LogP contribution < -0.4 is 5.32 Å². The van der Waals surface area contributed by atoms with E-state index in [0.29, 0.717) is 6.04 Å². The number of nitrogens with zero attached hydrogens (tertiary/aromatic N) is 1. The Hall–Kier alpha value is -1.83. The van der Waals surface area contributed by atoms with Gasteiger partial charge in [0.2, 0.25) is 0 Å². The number of anilines is 1. The molecule has 1 aromatic heterocycles. The van der Waals surface area contributed by atoms with Crippen LogP contribution in [-0.4, -0.2) is 4.98 Å². The predicted octanol–water partition coefficient (Wildman–Crippen LogP) is 3.56. The van der Waals surface area contributed by atoms with Crippen LogP contribution in [0.15, 0.2) is 48.7 Å². The lowest BCUT2D eigenvalue weighted by atomic mass is 10.1. The first kappa shape index (κ1) is 10.7. The largest absolute Gasteiger partial charge is 0.377 e. The van der Waals surface area contributed by atoms with E-state index in [9.17, 15) is 0 Å². The second kappa shape index (κ2) is 4.79. The standard InChI is InChI=1S/C14H16N2/c1-11(13-7-4-3-5-8-13)16-14-9-6-10-15-12(14)2/h3-11,16H,1-2H3. The maximum atomic E-state index is 4.26. The minimum Gasteiger partial charge on any atom is -0.377 e. The quantitative estimate of drug-likeness (QED) is 0.841. The van der Waals surface area contributed by atoms with Crippen LogP contribution in [0.5, 0.6) is 0 Å². The Kier molecular flexibility index (Phi) is 3.20. The highest BCUT2D eigenvalue weighted by Crippen LogP contribution is 2.20. The molecule has 0 spiro atoms. The van der Waals surface area contributed by atoms with E-state index in [1.165, 1.54) is 5.56 Å². The van der Waals surface area contributed by atoms with Crippen molar-refractivity contribution in [2.24, 2.45) is 0 Å². The first-order valence-corrected chi connectivity index (χ1v) is 5.50. The number of aromatic nitrogens is 1. The number of aryl methyl sites for hydroxylation is 1. The Balaban J connectivity index is 2.14. The predicted molar refractivity (Wildman–Crippen MR) is 67.5 cm³/mol. The van der Waals surface area contributed by atoms with Crippen LogP contribution >= 0.6 is 0 Å². The van der Waals surface area contributed by atoms with Crippen molar-refractivity contribution < 1.29 is 0 Å². The van der Waals surface area contributed by atoms with Crippen molar-refractivity contribution in [1.29, 1.82) is 0 Å². The van der Waals surface area contributed by atoms with Crippen molar-refractivity contribution in [3.63, 3.8) is 0 Å². The summed E-state index contributed by atoms with van der Waals surface area (Å²) < 4.78 is 0. The molecule has 2 aromatic rings. The molecular formula is C14H16N2. The molecule has 1 atom stereocenters. The van der Waals surface area contributed by atoms with Gasteiger partial charge in [0.15, 0.2) is 0 Å². The van der Waals surface area contributed by atoms with Crippen LogP contribution in [0.2, 0.25) is 0 Å². The van der Waals surface area contributed by atoms with E-state index in [1.807, 2.05) is 25.3 Å². The third-order valence-corrected chi connectivity index (χ3v) is 2.68. The molecule has 2 heteroatoms. The van der Waals surface area contributed by atoms with E-state index in [0.717, 1.165) is 11.4 Å². The minimum absolute atomic E-state index is 0.295. The van der Waals surface area contributed by atoms with Crippen LogP contribution in [0.25, 0.3) is 0 Å². The molecule has 2 rings (SSSR count). The summed E-state index contributed by atoms with van der Waals surface area (Å²) in [6.45, 7) is 4.17. The van der Waals surface area contributed by atoms with Gasteiger partial charge in [-0.25, -0.2) is 0 Å². The lowest BCUT2D eigenvalue weighted by Crippen LogP contribution is -2.07. The molecule has 0 aliphatic carbocycles. The van der Waals surface area contributed by atoms with Gasteiger partial charge in [-0.1, -0.05) is 30.3 Å². The van der Waals surface area contributed by atoms with Crippen molar-refractivity contribution >= 4 is 5.69 Å². The fourth-order valence-electron chi connectivity index (χ4n) is 1.70. The van der Waals surface area contributed by atoms with E-state index in [2.05, 4.69) is 47.6 Å². The van der Waals surface area contributed by atoms with Gasteiger partial charge in [-0.2, -0.15) is 0 Å². The molecule has 16 heavy (non-hydrogen) atoms. The summed E-state index contributed by atoms with van der Waals surface area (Å²) in [5.74, 6) is 0. The Bertz CT molecular complexity index is 451. The van der Waals surface area contributed by atoms with Crippen LogP contribution in [-0.2, 0) is 0 Å². The third kappa shape index (κ3) is 2.40. The van der Waals surface area contributed by atoms with Gasteiger partial charge < -0.3 is 5.32 Å². The highest BCUT2D eigenvalue weighted by molar-refractivity contribution is 5.48. The topological polar surface area (TPSA) is 24.9 Å². The second-order valence-electron chi connectivity index (χ2n) is 3.91. The van der Waals surface area contributed by atoms with Crippen LogP contribution in [0.3, 0.4) is 0 Å². The monoisotopic (exact) mass is 212 g/mol. The Morgan fingerprint density at radius 3 is 2.50 bits per heavy atom. The van der Waals surface area contributed by atoms with E-state index < -0.39 is 0 Å². The van der Waals surface area contributed by atoms with Gasteiger partial charge in [0.25, 0.3) is 0 Å². The summed E-state index contributed by atoms with van der Waals surface area (Å²) in [6, 6.07) is 14.7. The number of pyridine rings is 1. The maximum absolute atomic E-state index is 4.26. The summed E-state index contributed by atoms with van der Waals surface area (Å²) >= 11 is 0. The fourth-order valence-corrected chi connectivity index (χ4v) is 1.70. The van der Waals surface area contributed by atoms with Gasteiger partial charge in [0.1, 0.15) is 0 Å². The molecule has 0 aliphatic rings. The molecule has 1 heterocycles. The number of rotatable bonds is 3. The molecule has 0 saturated heterocycles. The summed E-state index contributed by atoms with van der Waals surface area (Å²) in [5.41, 5.74) is 3.41. The SMILES string of the molecule is Cc1ncccc1NC(C)c1ccccc1. The molecule has 0 aliphatic heterocycles. The van der Waals surface area contributed by atoms with E-state index >= 15 is 0 Å².